The first-order valence-corrected chi connectivity index (χ1v) is 8.42. The van der Waals surface area contributed by atoms with Gasteiger partial charge in [-0.2, -0.15) is 9.97 Å². The first-order chi connectivity index (χ1) is 12.1. The Kier molecular flexibility index (Phi) is 4.08. The van der Waals surface area contributed by atoms with Gasteiger partial charge in [-0.1, -0.05) is 17.2 Å². The maximum Gasteiger partial charge on any atom is 0.263 e. The van der Waals surface area contributed by atoms with Crippen LogP contribution in [-0.4, -0.2) is 51.1 Å². The van der Waals surface area contributed by atoms with Crippen molar-refractivity contribution in [2.45, 2.75) is 39.7 Å². The molecule has 1 unspecified atom stereocenters. The highest BCUT2D eigenvalue weighted by atomic mass is 16.5. The predicted octanol–water partition coefficient (Wildman–Crippen LogP) is 1.63. The Morgan fingerprint density at radius 2 is 2.00 bits per heavy atom. The van der Waals surface area contributed by atoms with E-state index in [9.17, 15) is 0 Å². The fraction of sp³-hybridized carbons (Fsp3) is 0.562. The highest BCUT2D eigenvalue weighted by Crippen LogP contribution is 2.28. The molecule has 0 aromatic carbocycles. The van der Waals surface area contributed by atoms with Crippen molar-refractivity contribution < 1.29 is 13.8 Å². The van der Waals surface area contributed by atoms with Crippen molar-refractivity contribution in [3.8, 4) is 0 Å². The minimum absolute atomic E-state index is 0.0263. The van der Waals surface area contributed by atoms with Crippen LogP contribution in [0.15, 0.2) is 9.05 Å². The van der Waals surface area contributed by atoms with Crippen molar-refractivity contribution in [3.63, 3.8) is 0 Å². The lowest BCUT2D eigenvalue weighted by Gasteiger charge is -2.33. The fourth-order valence-electron chi connectivity index (χ4n) is 3.06. The van der Waals surface area contributed by atoms with Crippen molar-refractivity contribution in [1.82, 2.24) is 25.3 Å². The molecule has 0 aliphatic carbocycles. The predicted molar refractivity (Wildman–Crippen MR) is 88.4 cm³/mol. The molecule has 1 aliphatic rings. The molecule has 3 aromatic rings. The number of hydrogen-bond donors (Lipinski definition) is 0. The molecule has 0 N–H and O–H groups in total. The third kappa shape index (κ3) is 3.07. The summed E-state index contributed by atoms with van der Waals surface area (Å²) in [6.07, 6.45) is 1.31. The number of morpholine rings is 1. The van der Waals surface area contributed by atoms with Gasteiger partial charge in [0.15, 0.2) is 5.82 Å². The lowest BCUT2D eigenvalue weighted by molar-refractivity contribution is 0.0393. The fourth-order valence-corrected chi connectivity index (χ4v) is 3.06. The van der Waals surface area contributed by atoms with E-state index in [-0.39, 0.29) is 6.10 Å². The molecule has 0 amide bonds. The van der Waals surface area contributed by atoms with E-state index < -0.39 is 0 Å². The van der Waals surface area contributed by atoms with Crippen LogP contribution < -0.4 is 4.90 Å². The number of fused-ring (bicyclic) bond motifs is 1. The van der Waals surface area contributed by atoms with Crippen LogP contribution in [0.3, 0.4) is 0 Å². The molecule has 1 aliphatic heterocycles. The third-order valence-electron chi connectivity index (χ3n) is 4.26. The molecule has 0 saturated carbocycles. The van der Waals surface area contributed by atoms with Crippen molar-refractivity contribution >= 4 is 16.9 Å². The van der Waals surface area contributed by atoms with Gasteiger partial charge in [-0.05, 0) is 13.8 Å². The summed E-state index contributed by atoms with van der Waals surface area (Å²) in [6.45, 7) is 7.78. The monoisotopic (exact) mass is 344 g/mol. The van der Waals surface area contributed by atoms with Gasteiger partial charge < -0.3 is 18.7 Å². The maximum absolute atomic E-state index is 5.88. The van der Waals surface area contributed by atoms with Gasteiger partial charge in [0, 0.05) is 25.9 Å². The molecule has 0 bridgehead atoms. The first-order valence-electron chi connectivity index (χ1n) is 8.42. The van der Waals surface area contributed by atoms with Gasteiger partial charge in [0.05, 0.1) is 18.4 Å². The molecule has 4 heterocycles. The van der Waals surface area contributed by atoms with E-state index in [0.717, 1.165) is 29.9 Å². The van der Waals surface area contributed by atoms with Crippen LogP contribution in [-0.2, 0) is 17.6 Å². The van der Waals surface area contributed by atoms with E-state index in [1.54, 1.807) is 0 Å². The zero-order valence-electron chi connectivity index (χ0n) is 14.5. The number of rotatable bonds is 4. The largest absolute Gasteiger partial charge is 0.374 e. The van der Waals surface area contributed by atoms with Crippen LogP contribution in [0.1, 0.15) is 30.2 Å². The second-order valence-corrected chi connectivity index (χ2v) is 6.14. The molecular formula is C16H20N6O3. The second-order valence-electron chi connectivity index (χ2n) is 6.14. The zero-order valence-corrected chi connectivity index (χ0v) is 14.5. The second kappa shape index (κ2) is 6.40. The van der Waals surface area contributed by atoms with Crippen LogP contribution >= 0.6 is 0 Å². The quantitative estimate of drug-likeness (QED) is 0.698. The van der Waals surface area contributed by atoms with Crippen LogP contribution in [0.5, 0.6) is 0 Å². The highest BCUT2D eigenvalue weighted by Gasteiger charge is 2.26. The Morgan fingerprint density at radius 3 is 2.80 bits per heavy atom. The summed E-state index contributed by atoms with van der Waals surface area (Å²) in [5, 5.41) is 8.90. The summed E-state index contributed by atoms with van der Waals surface area (Å²) in [7, 11) is 0. The van der Waals surface area contributed by atoms with Crippen molar-refractivity contribution in [1.29, 1.82) is 0 Å². The molecule has 1 fully saturated rings. The number of nitrogens with zero attached hydrogens (tertiary/aromatic N) is 6. The lowest BCUT2D eigenvalue weighted by atomic mass is 10.2. The SMILES string of the molecule is CCc1nc(CC2CN(c3nc(C)nc4onc(C)c34)CCO2)no1. The topological polar surface area (TPSA) is 103 Å². The number of anilines is 1. The van der Waals surface area contributed by atoms with E-state index in [1.807, 2.05) is 20.8 Å². The van der Waals surface area contributed by atoms with Crippen LogP contribution in [0, 0.1) is 13.8 Å². The molecule has 9 heteroatoms. The van der Waals surface area contributed by atoms with Gasteiger partial charge in [0.25, 0.3) is 5.71 Å². The zero-order chi connectivity index (χ0) is 17.4. The molecular weight excluding hydrogens is 324 g/mol. The third-order valence-corrected chi connectivity index (χ3v) is 4.26. The van der Waals surface area contributed by atoms with Gasteiger partial charge in [-0.25, -0.2) is 4.98 Å². The number of hydrogen-bond acceptors (Lipinski definition) is 9. The van der Waals surface area contributed by atoms with Crippen LogP contribution in [0.25, 0.3) is 11.1 Å². The van der Waals surface area contributed by atoms with Crippen molar-refractivity contribution in [3.05, 3.63) is 23.2 Å². The Labute approximate surface area is 144 Å². The van der Waals surface area contributed by atoms with Crippen molar-refractivity contribution in [2.24, 2.45) is 0 Å². The van der Waals surface area contributed by atoms with E-state index >= 15 is 0 Å². The summed E-state index contributed by atoms with van der Waals surface area (Å²) in [5.74, 6) is 2.83. The summed E-state index contributed by atoms with van der Waals surface area (Å²) >= 11 is 0. The molecule has 25 heavy (non-hydrogen) atoms. The van der Waals surface area contributed by atoms with Crippen LogP contribution in [0.4, 0.5) is 5.82 Å². The average molecular weight is 344 g/mol. The Balaban J connectivity index is 1.58. The van der Waals surface area contributed by atoms with Crippen LogP contribution in [0.2, 0.25) is 0 Å². The first kappa shape index (κ1) is 15.9. The summed E-state index contributed by atoms with van der Waals surface area (Å²) in [4.78, 5) is 15.5. The van der Waals surface area contributed by atoms with Gasteiger partial charge >= 0.3 is 0 Å². The smallest absolute Gasteiger partial charge is 0.263 e. The minimum Gasteiger partial charge on any atom is -0.374 e. The molecule has 4 rings (SSSR count). The van der Waals surface area contributed by atoms with Gasteiger partial charge in [-0.15, -0.1) is 0 Å². The van der Waals surface area contributed by atoms with Gasteiger partial charge in [-0.3, -0.25) is 0 Å². The van der Waals surface area contributed by atoms with E-state index in [1.165, 1.54) is 0 Å². The number of aryl methyl sites for hydroxylation is 3. The normalized spacial score (nSPS) is 18.2. The van der Waals surface area contributed by atoms with E-state index in [4.69, 9.17) is 13.8 Å². The Hall–Kier alpha value is -2.55. The van der Waals surface area contributed by atoms with E-state index in [2.05, 4.69) is 30.2 Å². The van der Waals surface area contributed by atoms with E-state index in [0.29, 0.717) is 42.8 Å². The Morgan fingerprint density at radius 1 is 1.12 bits per heavy atom. The summed E-state index contributed by atoms with van der Waals surface area (Å²) in [6, 6.07) is 0. The highest BCUT2D eigenvalue weighted by molar-refractivity contribution is 5.88. The molecule has 9 nitrogen and oxygen atoms in total. The Bertz CT molecular complexity index is 889. The minimum atomic E-state index is -0.0263. The molecule has 1 saturated heterocycles. The molecule has 1 atom stereocenters. The molecule has 3 aromatic heterocycles. The summed E-state index contributed by atoms with van der Waals surface area (Å²) in [5.41, 5.74) is 1.31. The molecule has 0 spiro atoms. The molecule has 132 valence electrons. The van der Waals surface area contributed by atoms with Gasteiger partial charge in [0.1, 0.15) is 17.0 Å². The lowest BCUT2D eigenvalue weighted by Crippen LogP contribution is -2.44. The maximum atomic E-state index is 5.88. The number of aromatic nitrogens is 5. The summed E-state index contributed by atoms with van der Waals surface area (Å²) < 4.78 is 16.4. The number of ether oxygens (including phenoxy) is 1. The van der Waals surface area contributed by atoms with Crippen molar-refractivity contribution in [2.75, 3.05) is 24.6 Å². The standard InChI is InChI=1S/C16H20N6O3/c1-4-13-19-12(21-24-13)7-11-8-22(5-6-23-11)15-14-9(2)20-25-16(14)18-10(3)17-15/h11H,4-8H2,1-3H3. The average Bonchev–Trinajstić information content (AvgIpc) is 3.21. The molecule has 0 radical (unpaired) electrons. The van der Waals surface area contributed by atoms with Gasteiger partial charge in [0.2, 0.25) is 5.89 Å².